The molecule has 0 aromatic heterocycles. The summed E-state index contributed by atoms with van der Waals surface area (Å²) in [5.41, 5.74) is 0. The van der Waals surface area contributed by atoms with E-state index >= 15 is 0 Å². The highest BCUT2D eigenvalue weighted by Crippen LogP contribution is 2.42. The molecule has 0 bridgehead atoms. The predicted octanol–water partition coefficient (Wildman–Crippen LogP) is 3.03. The Bertz CT molecular complexity index is 440. The van der Waals surface area contributed by atoms with E-state index in [1.165, 1.54) is 12.3 Å². The number of hydrogen-bond acceptors (Lipinski definition) is 4. The van der Waals surface area contributed by atoms with Gasteiger partial charge in [0, 0.05) is 0 Å². The highest BCUT2D eigenvalue weighted by molar-refractivity contribution is 7.87. The van der Waals surface area contributed by atoms with Crippen LogP contribution in [0.25, 0.3) is 0 Å². The lowest BCUT2D eigenvalue weighted by atomic mass is 9.74. The summed E-state index contributed by atoms with van der Waals surface area (Å²) in [7, 11) is -4.04. The molecule has 1 aliphatic heterocycles. The zero-order valence-corrected chi connectivity index (χ0v) is 13.9. The molecule has 0 saturated carbocycles. The van der Waals surface area contributed by atoms with Gasteiger partial charge in [-0.3, -0.25) is 4.55 Å². The fourth-order valence-electron chi connectivity index (χ4n) is 3.10. The van der Waals surface area contributed by atoms with E-state index in [-0.39, 0.29) is 23.7 Å². The number of hydrogen-bond donors (Lipinski definition) is 1. The van der Waals surface area contributed by atoms with Crippen LogP contribution in [0.3, 0.4) is 0 Å². The Labute approximate surface area is 122 Å². The summed E-state index contributed by atoms with van der Waals surface area (Å²) < 4.78 is 36.0. The molecule has 0 aromatic rings. The Morgan fingerprint density at radius 2 is 1.55 bits per heavy atom. The Balaban J connectivity index is 0.000000595. The smallest absolute Gasteiger partial charge is 0.338 e. The number of esters is 1. The molecule has 0 saturated heterocycles. The number of ether oxygens (including phenoxy) is 1. The van der Waals surface area contributed by atoms with Crippen molar-refractivity contribution in [2.24, 2.45) is 17.8 Å². The average Bonchev–Trinajstić information content (AvgIpc) is 2.24. The van der Waals surface area contributed by atoms with Crippen molar-refractivity contribution >= 4 is 16.1 Å². The third kappa shape index (κ3) is 3.82. The zero-order chi connectivity index (χ0) is 16.1. The number of rotatable bonds is 5. The van der Waals surface area contributed by atoms with Crippen LogP contribution in [-0.4, -0.2) is 23.7 Å². The fraction of sp³-hybridized carbons (Fsp3) is 0.786. The molecule has 1 rings (SSSR count). The van der Waals surface area contributed by atoms with Gasteiger partial charge in [-0.15, -0.1) is 0 Å². The van der Waals surface area contributed by atoms with Gasteiger partial charge < -0.3 is 4.74 Å². The summed E-state index contributed by atoms with van der Waals surface area (Å²) in [5.74, 6) is -0.484. The van der Waals surface area contributed by atoms with Crippen molar-refractivity contribution < 1.29 is 22.5 Å². The molecular formula is C14H26O5S. The van der Waals surface area contributed by atoms with Crippen LogP contribution in [0.5, 0.6) is 0 Å². The molecule has 5 nitrogen and oxygen atoms in total. The van der Waals surface area contributed by atoms with Crippen LogP contribution in [0.1, 0.15) is 48.0 Å². The minimum Gasteiger partial charge on any atom is -0.431 e. The van der Waals surface area contributed by atoms with Gasteiger partial charge >= 0.3 is 5.97 Å². The van der Waals surface area contributed by atoms with E-state index in [1.54, 1.807) is 0 Å². The SMILES string of the molecule is CCC(C)C(C(C)C)(C(C)C)S(=O)(=O)O.O=C1C=CO1. The van der Waals surface area contributed by atoms with E-state index in [2.05, 4.69) is 4.74 Å². The van der Waals surface area contributed by atoms with Crippen molar-refractivity contribution in [1.82, 2.24) is 0 Å². The van der Waals surface area contributed by atoms with E-state index in [0.29, 0.717) is 0 Å². The summed E-state index contributed by atoms with van der Waals surface area (Å²) in [5, 5.41) is 0. The number of carbonyl (C=O) groups is 1. The third-order valence-corrected chi connectivity index (χ3v) is 6.26. The third-order valence-electron chi connectivity index (χ3n) is 4.02. The molecule has 6 heteroatoms. The van der Waals surface area contributed by atoms with Crippen molar-refractivity contribution in [3.8, 4) is 0 Å². The fourth-order valence-corrected chi connectivity index (χ4v) is 4.96. The van der Waals surface area contributed by atoms with E-state index in [4.69, 9.17) is 0 Å². The Morgan fingerprint density at radius 1 is 1.20 bits per heavy atom. The maximum atomic E-state index is 11.7. The molecule has 0 aromatic carbocycles. The zero-order valence-electron chi connectivity index (χ0n) is 13.1. The Hall–Kier alpha value is -0.880. The van der Waals surface area contributed by atoms with Gasteiger partial charge in [0.15, 0.2) is 0 Å². The monoisotopic (exact) mass is 306 g/mol. The highest BCUT2D eigenvalue weighted by Gasteiger charge is 2.51. The predicted molar refractivity (Wildman–Crippen MR) is 78.6 cm³/mol. The maximum absolute atomic E-state index is 11.7. The molecule has 1 N–H and O–H groups in total. The lowest BCUT2D eigenvalue weighted by Crippen LogP contribution is -2.53. The van der Waals surface area contributed by atoms with Crippen molar-refractivity contribution in [2.75, 3.05) is 0 Å². The molecule has 0 radical (unpaired) electrons. The van der Waals surface area contributed by atoms with Gasteiger partial charge in [0.2, 0.25) is 0 Å². The molecule has 0 amide bonds. The lowest BCUT2D eigenvalue weighted by molar-refractivity contribution is -0.136. The standard InChI is InChI=1S/C11H24O3S.C3H2O2/c1-7-10(6)11(8(2)3,9(4)5)15(12,13)14;4-3-1-2-5-3/h8-10H,7H2,1-6H3,(H,12,13,14);1-2H. The Morgan fingerprint density at radius 3 is 1.60 bits per heavy atom. The van der Waals surface area contributed by atoms with Crippen LogP contribution in [-0.2, 0) is 19.6 Å². The second-order valence-corrected chi connectivity index (χ2v) is 7.34. The van der Waals surface area contributed by atoms with Crippen LogP contribution in [0, 0.1) is 17.8 Å². The molecule has 20 heavy (non-hydrogen) atoms. The van der Waals surface area contributed by atoms with Crippen LogP contribution >= 0.6 is 0 Å². The molecule has 1 atom stereocenters. The summed E-state index contributed by atoms with van der Waals surface area (Å²) >= 11 is 0. The first-order valence-electron chi connectivity index (χ1n) is 6.85. The second kappa shape index (κ2) is 7.22. The van der Waals surface area contributed by atoms with Gasteiger partial charge in [-0.1, -0.05) is 48.0 Å². The van der Waals surface area contributed by atoms with Crippen molar-refractivity contribution in [3.05, 3.63) is 12.3 Å². The maximum Gasteiger partial charge on any atom is 0.338 e. The minimum atomic E-state index is -4.04. The first kappa shape index (κ1) is 19.1. The number of cyclic esters (lactones) is 1. The van der Waals surface area contributed by atoms with Gasteiger partial charge in [-0.05, 0) is 17.8 Å². The lowest BCUT2D eigenvalue weighted by Gasteiger charge is -2.42. The van der Waals surface area contributed by atoms with Crippen molar-refractivity contribution in [2.45, 2.75) is 52.7 Å². The van der Waals surface area contributed by atoms with Crippen LogP contribution in [0.4, 0.5) is 0 Å². The molecule has 0 aliphatic carbocycles. The second-order valence-electron chi connectivity index (χ2n) is 5.69. The van der Waals surface area contributed by atoms with E-state index in [0.717, 1.165) is 6.42 Å². The minimum absolute atomic E-state index is 0.0486. The molecule has 1 unspecified atom stereocenters. The van der Waals surface area contributed by atoms with Crippen molar-refractivity contribution in [1.29, 1.82) is 0 Å². The van der Waals surface area contributed by atoms with Gasteiger partial charge in [-0.2, -0.15) is 8.42 Å². The van der Waals surface area contributed by atoms with Crippen LogP contribution in [0.2, 0.25) is 0 Å². The quantitative estimate of drug-likeness (QED) is 0.623. The summed E-state index contributed by atoms with van der Waals surface area (Å²) in [4.78, 5) is 9.59. The first-order chi connectivity index (χ1) is 9.01. The van der Waals surface area contributed by atoms with Crippen LogP contribution in [0.15, 0.2) is 12.3 Å². The normalized spacial score (nSPS) is 16.4. The van der Waals surface area contributed by atoms with Gasteiger partial charge in [0.05, 0.1) is 6.08 Å². The van der Waals surface area contributed by atoms with E-state index in [1.807, 2.05) is 41.5 Å². The van der Waals surface area contributed by atoms with E-state index in [9.17, 15) is 17.8 Å². The van der Waals surface area contributed by atoms with Gasteiger partial charge in [0.25, 0.3) is 10.1 Å². The molecule has 118 valence electrons. The van der Waals surface area contributed by atoms with Crippen LogP contribution < -0.4 is 0 Å². The average molecular weight is 306 g/mol. The highest BCUT2D eigenvalue weighted by atomic mass is 32.2. The summed E-state index contributed by atoms with van der Waals surface area (Å²) in [6.07, 6.45) is 3.46. The Kier molecular flexibility index (Phi) is 6.90. The first-order valence-corrected chi connectivity index (χ1v) is 8.29. The summed E-state index contributed by atoms with van der Waals surface area (Å²) in [6.45, 7) is 11.3. The topological polar surface area (TPSA) is 80.7 Å². The molecule has 0 fully saturated rings. The molecule has 1 heterocycles. The molecular weight excluding hydrogens is 280 g/mol. The van der Waals surface area contributed by atoms with Crippen molar-refractivity contribution in [3.63, 3.8) is 0 Å². The molecule has 0 spiro atoms. The largest absolute Gasteiger partial charge is 0.431 e. The molecule has 1 aliphatic rings. The van der Waals surface area contributed by atoms with Gasteiger partial charge in [0.1, 0.15) is 11.0 Å². The van der Waals surface area contributed by atoms with E-state index < -0.39 is 14.9 Å². The summed E-state index contributed by atoms with van der Waals surface area (Å²) in [6, 6.07) is 0. The number of carbonyl (C=O) groups excluding carboxylic acids is 1. The van der Waals surface area contributed by atoms with Gasteiger partial charge in [-0.25, -0.2) is 4.79 Å².